The molecule has 10 heteroatoms. The molecule has 0 radical (unpaired) electrons. The van der Waals surface area contributed by atoms with Gasteiger partial charge >= 0.3 is 0 Å². The van der Waals surface area contributed by atoms with Crippen LogP contribution >= 0.6 is 10.7 Å². The van der Waals surface area contributed by atoms with E-state index < -0.39 is 30.5 Å². The lowest BCUT2D eigenvalue weighted by Gasteiger charge is -2.44. The molecule has 0 N–H and O–H groups in total. The molecule has 1 fully saturated rings. The maximum Gasteiger partial charge on any atom is 0.296 e. The molecule has 1 aliphatic rings. The largest absolute Gasteiger partial charge is 0.296 e. The van der Waals surface area contributed by atoms with Crippen molar-refractivity contribution in [1.29, 1.82) is 0 Å². The third kappa shape index (κ3) is 7.01. The second kappa shape index (κ2) is 8.90. The van der Waals surface area contributed by atoms with Gasteiger partial charge in [-0.05, 0) is 38.1 Å². The third-order valence-electron chi connectivity index (χ3n) is 4.55. The van der Waals surface area contributed by atoms with Gasteiger partial charge in [-0.25, -0.2) is 17.2 Å². The minimum atomic E-state index is -3.87. The standard InChI is InChI=1S/C13H16F2O3S.C7H7ClO2S/c1-10-3-5-11(6-4-10)19(16,17)18-9-12(2)7-13(14,15)8-12;1-6-2-4-7(5-3-6)11(8,9)10/h3-6H,7-9H2,1-2H3;2-5H,1H3. The Hall–Kier alpha value is -1.55. The SMILES string of the molecule is Cc1ccc(S(=O)(=O)Cl)cc1.Cc1ccc(S(=O)(=O)OCC2(C)CC(F)(F)C2)cc1. The average molecular weight is 481 g/mol. The van der Waals surface area contributed by atoms with E-state index in [-0.39, 0.29) is 29.2 Å². The quantitative estimate of drug-likeness (QED) is 0.441. The molecule has 5 nitrogen and oxygen atoms in total. The summed E-state index contributed by atoms with van der Waals surface area (Å²) in [5, 5.41) is 0. The molecule has 0 aliphatic heterocycles. The second-order valence-corrected chi connectivity index (χ2v) is 12.0. The van der Waals surface area contributed by atoms with Crippen LogP contribution in [-0.4, -0.2) is 29.4 Å². The predicted octanol–water partition coefficient (Wildman–Crippen LogP) is 5.06. The molecule has 0 unspecified atom stereocenters. The van der Waals surface area contributed by atoms with E-state index in [2.05, 4.69) is 0 Å². The number of halogens is 3. The number of benzene rings is 2. The third-order valence-corrected chi connectivity index (χ3v) is 7.19. The lowest BCUT2D eigenvalue weighted by atomic mass is 9.68. The first kappa shape index (κ1) is 24.7. The topological polar surface area (TPSA) is 77.5 Å². The molecule has 0 bridgehead atoms. The minimum Gasteiger partial charge on any atom is -0.266 e. The lowest BCUT2D eigenvalue weighted by molar-refractivity contribution is -0.164. The van der Waals surface area contributed by atoms with Gasteiger partial charge < -0.3 is 0 Å². The smallest absolute Gasteiger partial charge is 0.266 e. The minimum absolute atomic E-state index is 0.0489. The molecular formula is C20H23ClF2O5S2. The van der Waals surface area contributed by atoms with E-state index in [1.165, 1.54) is 24.3 Å². The first-order chi connectivity index (χ1) is 13.6. The summed E-state index contributed by atoms with van der Waals surface area (Å²) < 4.78 is 75.7. The summed E-state index contributed by atoms with van der Waals surface area (Å²) in [7, 11) is -2.33. The highest BCUT2D eigenvalue weighted by Gasteiger charge is 2.54. The molecule has 2 aromatic rings. The van der Waals surface area contributed by atoms with Crippen LogP contribution in [0, 0.1) is 19.3 Å². The maximum atomic E-state index is 12.8. The zero-order valence-electron chi connectivity index (χ0n) is 16.7. The number of hydrogen-bond donors (Lipinski definition) is 0. The zero-order chi connectivity index (χ0) is 22.8. The van der Waals surface area contributed by atoms with Crippen molar-refractivity contribution in [2.24, 2.45) is 5.41 Å². The Kier molecular flexibility index (Phi) is 7.33. The second-order valence-electron chi connectivity index (χ2n) is 7.80. The van der Waals surface area contributed by atoms with Crippen LogP contribution in [0.15, 0.2) is 58.3 Å². The molecule has 0 aromatic heterocycles. The van der Waals surface area contributed by atoms with E-state index in [0.717, 1.165) is 11.1 Å². The summed E-state index contributed by atoms with van der Waals surface area (Å²) in [6, 6.07) is 12.6. The highest BCUT2D eigenvalue weighted by Crippen LogP contribution is 2.51. The number of aryl methyl sites for hydroxylation is 2. The van der Waals surface area contributed by atoms with Crippen LogP contribution in [0.25, 0.3) is 0 Å². The molecular weight excluding hydrogens is 458 g/mol. The molecule has 0 spiro atoms. The Bertz CT molecular complexity index is 1070. The van der Waals surface area contributed by atoms with Gasteiger partial charge in [-0.3, -0.25) is 4.18 Å². The van der Waals surface area contributed by atoms with Crippen LogP contribution in [0.2, 0.25) is 0 Å². The van der Waals surface area contributed by atoms with Gasteiger partial charge in [-0.1, -0.05) is 42.3 Å². The van der Waals surface area contributed by atoms with Gasteiger partial charge in [0.1, 0.15) is 0 Å². The van der Waals surface area contributed by atoms with Crippen molar-refractivity contribution in [3.8, 4) is 0 Å². The average Bonchev–Trinajstić information content (AvgIpc) is 2.59. The first-order valence-corrected chi connectivity index (χ1v) is 12.7. The summed E-state index contributed by atoms with van der Waals surface area (Å²) in [5.74, 6) is -2.69. The van der Waals surface area contributed by atoms with Crippen molar-refractivity contribution in [2.45, 2.75) is 49.3 Å². The van der Waals surface area contributed by atoms with Gasteiger partial charge in [0.25, 0.3) is 19.2 Å². The van der Waals surface area contributed by atoms with E-state index in [0.29, 0.717) is 0 Å². The zero-order valence-corrected chi connectivity index (χ0v) is 19.1. The highest BCUT2D eigenvalue weighted by molar-refractivity contribution is 8.13. The van der Waals surface area contributed by atoms with Gasteiger partial charge in [0.05, 0.1) is 16.4 Å². The Morgan fingerprint density at radius 3 is 1.63 bits per heavy atom. The van der Waals surface area contributed by atoms with E-state index in [4.69, 9.17) is 14.9 Å². The van der Waals surface area contributed by atoms with Gasteiger partial charge in [0.2, 0.25) is 5.92 Å². The Morgan fingerprint density at radius 2 is 1.27 bits per heavy atom. The summed E-state index contributed by atoms with van der Waals surface area (Å²) in [6.07, 6.45) is -0.660. The lowest BCUT2D eigenvalue weighted by Crippen LogP contribution is -2.47. The van der Waals surface area contributed by atoms with Crippen LogP contribution in [-0.2, 0) is 23.4 Å². The molecule has 0 heterocycles. The van der Waals surface area contributed by atoms with Gasteiger partial charge in [0.15, 0.2) is 0 Å². The normalized spacial score (nSPS) is 17.4. The molecule has 2 aromatic carbocycles. The molecule has 0 atom stereocenters. The van der Waals surface area contributed by atoms with Crippen molar-refractivity contribution >= 4 is 29.9 Å². The summed E-state index contributed by atoms with van der Waals surface area (Å²) in [5.41, 5.74) is 1.18. The fourth-order valence-corrected chi connectivity index (χ4v) is 4.81. The fourth-order valence-electron chi connectivity index (χ4n) is 2.99. The van der Waals surface area contributed by atoms with Gasteiger partial charge in [-0.2, -0.15) is 8.42 Å². The molecule has 1 saturated carbocycles. The molecule has 30 heavy (non-hydrogen) atoms. The molecule has 166 valence electrons. The van der Waals surface area contributed by atoms with Crippen molar-refractivity contribution in [3.63, 3.8) is 0 Å². The molecule has 0 saturated heterocycles. The number of alkyl halides is 2. The predicted molar refractivity (Wildman–Crippen MR) is 111 cm³/mol. The molecule has 3 rings (SSSR count). The Labute approximate surface area is 180 Å². The monoisotopic (exact) mass is 480 g/mol. The molecule has 1 aliphatic carbocycles. The van der Waals surface area contributed by atoms with Gasteiger partial charge in [-0.15, -0.1) is 0 Å². The Morgan fingerprint density at radius 1 is 0.867 bits per heavy atom. The van der Waals surface area contributed by atoms with Crippen LogP contribution in [0.3, 0.4) is 0 Å². The van der Waals surface area contributed by atoms with E-state index >= 15 is 0 Å². The van der Waals surface area contributed by atoms with Crippen LogP contribution in [0.1, 0.15) is 30.9 Å². The summed E-state index contributed by atoms with van der Waals surface area (Å²) in [4.78, 5) is 0.192. The van der Waals surface area contributed by atoms with E-state index in [1.807, 2.05) is 13.8 Å². The van der Waals surface area contributed by atoms with Crippen molar-refractivity contribution in [2.75, 3.05) is 6.61 Å². The Balaban J connectivity index is 0.000000248. The van der Waals surface area contributed by atoms with Crippen molar-refractivity contribution in [1.82, 2.24) is 0 Å². The van der Waals surface area contributed by atoms with Crippen LogP contribution < -0.4 is 0 Å². The first-order valence-electron chi connectivity index (χ1n) is 8.97. The van der Waals surface area contributed by atoms with Crippen molar-refractivity contribution < 1.29 is 29.8 Å². The van der Waals surface area contributed by atoms with Crippen molar-refractivity contribution in [3.05, 3.63) is 59.7 Å². The van der Waals surface area contributed by atoms with E-state index in [1.54, 1.807) is 31.2 Å². The fraction of sp³-hybridized carbons (Fsp3) is 0.400. The van der Waals surface area contributed by atoms with Crippen LogP contribution in [0.5, 0.6) is 0 Å². The molecule has 0 amide bonds. The van der Waals surface area contributed by atoms with Crippen LogP contribution in [0.4, 0.5) is 8.78 Å². The number of rotatable bonds is 5. The summed E-state index contributed by atoms with van der Waals surface area (Å²) in [6.45, 7) is 5.12. The number of hydrogen-bond acceptors (Lipinski definition) is 5. The van der Waals surface area contributed by atoms with Gasteiger partial charge in [0, 0.05) is 28.9 Å². The van der Waals surface area contributed by atoms with E-state index in [9.17, 15) is 25.6 Å². The summed E-state index contributed by atoms with van der Waals surface area (Å²) >= 11 is 0. The highest BCUT2D eigenvalue weighted by atomic mass is 35.7. The maximum absolute atomic E-state index is 12.8.